The van der Waals surface area contributed by atoms with Crippen LogP contribution >= 0.6 is 11.3 Å². The van der Waals surface area contributed by atoms with Crippen LogP contribution in [0.4, 0.5) is 5.69 Å². The predicted octanol–water partition coefficient (Wildman–Crippen LogP) is 2.13. The van der Waals surface area contributed by atoms with Crippen molar-refractivity contribution in [3.8, 4) is 10.7 Å². The van der Waals surface area contributed by atoms with Crippen molar-refractivity contribution in [2.45, 2.75) is 26.2 Å². The number of aromatic nitrogens is 5. The van der Waals surface area contributed by atoms with Gasteiger partial charge in [-0.05, 0) is 12.1 Å². The maximum atomic E-state index is 5.63. The second-order valence-electron chi connectivity index (χ2n) is 5.35. The Morgan fingerprint density at radius 3 is 2.63 bits per heavy atom. The molecule has 3 aromatic heterocycles. The van der Waals surface area contributed by atoms with Gasteiger partial charge in [-0.25, -0.2) is 0 Å². The number of anilines is 1. The molecule has 19 heavy (non-hydrogen) atoms. The van der Waals surface area contributed by atoms with Gasteiger partial charge >= 0.3 is 0 Å². The third kappa shape index (κ3) is 2.06. The molecule has 0 aliphatic carbocycles. The Hall–Kier alpha value is -2.02. The number of pyridine rings is 1. The van der Waals surface area contributed by atoms with Gasteiger partial charge in [0, 0.05) is 5.41 Å². The molecular weight excluding hydrogens is 260 g/mol. The van der Waals surface area contributed by atoms with Crippen LogP contribution in [0.5, 0.6) is 0 Å². The zero-order chi connectivity index (χ0) is 13.6. The first-order chi connectivity index (χ1) is 8.95. The maximum Gasteiger partial charge on any atom is 0.235 e. The Morgan fingerprint density at radius 2 is 2.00 bits per heavy atom. The molecule has 0 fully saturated rings. The van der Waals surface area contributed by atoms with Gasteiger partial charge in [0.1, 0.15) is 5.69 Å². The van der Waals surface area contributed by atoms with Crippen LogP contribution in [0.1, 0.15) is 26.6 Å². The van der Waals surface area contributed by atoms with Crippen LogP contribution in [0.15, 0.2) is 18.3 Å². The van der Waals surface area contributed by atoms with Crippen molar-refractivity contribution >= 4 is 22.0 Å². The first-order valence-corrected chi connectivity index (χ1v) is 6.71. The molecule has 0 aromatic carbocycles. The molecule has 0 spiro atoms. The van der Waals surface area contributed by atoms with Gasteiger partial charge in [-0.15, -0.1) is 10.2 Å². The van der Waals surface area contributed by atoms with Crippen molar-refractivity contribution in [3.05, 3.63) is 24.2 Å². The summed E-state index contributed by atoms with van der Waals surface area (Å²) in [6.07, 6.45) is 1.63. The highest BCUT2D eigenvalue weighted by Crippen LogP contribution is 2.27. The van der Waals surface area contributed by atoms with Gasteiger partial charge in [-0.3, -0.25) is 4.98 Å². The quantitative estimate of drug-likeness (QED) is 0.735. The summed E-state index contributed by atoms with van der Waals surface area (Å²) in [6.45, 7) is 6.26. The second kappa shape index (κ2) is 3.99. The Bertz CT molecular complexity index is 719. The molecule has 0 atom stereocenters. The number of hydrogen-bond acceptors (Lipinski definition) is 6. The standard InChI is InChI=1S/C12H14N6S/c1-12(2,3)10-15-16-11-18(10)17-9(19-11)8-5-4-7(13)6-14-8/h4-6H,13H2,1-3H3. The third-order valence-electron chi connectivity index (χ3n) is 2.67. The minimum Gasteiger partial charge on any atom is -0.397 e. The second-order valence-corrected chi connectivity index (χ2v) is 6.31. The van der Waals surface area contributed by atoms with Gasteiger partial charge in [0.15, 0.2) is 10.8 Å². The topological polar surface area (TPSA) is 82.0 Å². The lowest BCUT2D eigenvalue weighted by atomic mass is 9.96. The normalized spacial score (nSPS) is 12.2. The summed E-state index contributed by atoms with van der Waals surface area (Å²) in [5.41, 5.74) is 6.97. The van der Waals surface area contributed by atoms with Gasteiger partial charge in [0.25, 0.3) is 0 Å². The number of nitrogen functional groups attached to an aromatic ring is 1. The molecule has 3 aromatic rings. The Labute approximate surface area is 114 Å². The summed E-state index contributed by atoms with van der Waals surface area (Å²) >= 11 is 1.47. The molecule has 7 heteroatoms. The van der Waals surface area contributed by atoms with Gasteiger partial charge in [-0.2, -0.15) is 9.61 Å². The van der Waals surface area contributed by atoms with Gasteiger partial charge < -0.3 is 5.73 Å². The van der Waals surface area contributed by atoms with Gasteiger partial charge in [-0.1, -0.05) is 32.1 Å². The van der Waals surface area contributed by atoms with E-state index in [0.29, 0.717) is 5.69 Å². The van der Waals surface area contributed by atoms with Crippen molar-refractivity contribution in [2.24, 2.45) is 0 Å². The number of hydrogen-bond donors (Lipinski definition) is 1. The van der Waals surface area contributed by atoms with E-state index in [4.69, 9.17) is 5.73 Å². The molecule has 6 nitrogen and oxygen atoms in total. The maximum absolute atomic E-state index is 5.63. The van der Waals surface area contributed by atoms with E-state index < -0.39 is 0 Å². The predicted molar refractivity (Wildman–Crippen MR) is 75.0 cm³/mol. The lowest BCUT2D eigenvalue weighted by Crippen LogP contribution is -2.16. The van der Waals surface area contributed by atoms with E-state index in [2.05, 4.69) is 41.1 Å². The fourth-order valence-corrected chi connectivity index (χ4v) is 2.54. The number of nitrogens with two attached hydrogens (primary N) is 1. The molecule has 0 aliphatic heterocycles. The van der Waals surface area contributed by atoms with Crippen molar-refractivity contribution in [2.75, 3.05) is 5.73 Å². The molecule has 3 heterocycles. The molecule has 0 bridgehead atoms. The van der Waals surface area contributed by atoms with Crippen LogP contribution in [-0.4, -0.2) is 24.8 Å². The zero-order valence-electron chi connectivity index (χ0n) is 11.0. The van der Waals surface area contributed by atoms with E-state index >= 15 is 0 Å². The first-order valence-electron chi connectivity index (χ1n) is 5.90. The van der Waals surface area contributed by atoms with E-state index in [1.165, 1.54) is 11.3 Å². The Morgan fingerprint density at radius 1 is 1.21 bits per heavy atom. The van der Waals surface area contributed by atoms with Crippen LogP contribution in [-0.2, 0) is 5.41 Å². The van der Waals surface area contributed by atoms with Crippen LogP contribution < -0.4 is 5.73 Å². The summed E-state index contributed by atoms with van der Waals surface area (Å²) in [7, 11) is 0. The van der Waals surface area contributed by atoms with Crippen LogP contribution in [0.2, 0.25) is 0 Å². The molecule has 3 rings (SSSR count). The fraction of sp³-hybridized carbons (Fsp3) is 0.333. The van der Waals surface area contributed by atoms with Crippen molar-refractivity contribution in [1.29, 1.82) is 0 Å². The average Bonchev–Trinajstić information content (AvgIpc) is 2.87. The summed E-state index contributed by atoms with van der Waals surface area (Å²) in [5, 5.41) is 13.7. The Kier molecular flexibility index (Phi) is 2.53. The largest absolute Gasteiger partial charge is 0.397 e. The van der Waals surface area contributed by atoms with E-state index in [0.717, 1.165) is 21.5 Å². The van der Waals surface area contributed by atoms with Gasteiger partial charge in [0.2, 0.25) is 4.96 Å². The lowest BCUT2D eigenvalue weighted by Gasteiger charge is -2.13. The Balaban J connectivity index is 2.12. The molecule has 0 amide bonds. The first kappa shape index (κ1) is 12.0. The third-order valence-corrected chi connectivity index (χ3v) is 3.59. The highest BCUT2D eigenvalue weighted by molar-refractivity contribution is 7.19. The molecular formula is C12H14N6S. The SMILES string of the molecule is CC(C)(C)c1nnc2sc(-c3ccc(N)cn3)nn12. The van der Waals surface area contributed by atoms with E-state index in [1.807, 2.05) is 12.1 Å². The monoisotopic (exact) mass is 274 g/mol. The molecule has 0 aliphatic rings. The molecule has 2 N–H and O–H groups in total. The smallest absolute Gasteiger partial charge is 0.235 e. The van der Waals surface area contributed by atoms with E-state index in [9.17, 15) is 0 Å². The van der Waals surface area contributed by atoms with Crippen LogP contribution in [0.25, 0.3) is 15.7 Å². The summed E-state index contributed by atoms with van der Waals surface area (Å²) in [4.78, 5) is 5.05. The molecule has 0 radical (unpaired) electrons. The molecule has 98 valence electrons. The number of fused-ring (bicyclic) bond motifs is 1. The minimum absolute atomic E-state index is 0.0979. The highest BCUT2D eigenvalue weighted by atomic mass is 32.1. The van der Waals surface area contributed by atoms with E-state index in [-0.39, 0.29) is 5.41 Å². The molecule has 0 unspecified atom stereocenters. The minimum atomic E-state index is -0.0979. The summed E-state index contributed by atoms with van der Waals surface area (Å²) in [5.74, 6) is 0.848. The summed E-state index contributed by atoms with van der Waals surface area (Å²) in [6, 6.07) is 3.67. The van der Waals surface area contributed by atoms with Crippen molar-refractivity contribution in [3.63, 3.8) is 0 Å². The van der Waals surface area contributed by atoms with Crippen molar-refractivity contribution in [1.82, 2.24) is 24.8 Å². The molecule has 0 saturated heterocycles. The van der Waals surface area contributed by atoms with Crippen LogP contribution in [0.3, 0.4) is 0 Å². The lowest BCUT2D eigenvalue weighted by molar-refractivity contribution is 0.528. The fourth-order valence-electron chi connectivity index (χ4n) is 1.72. The number of rotatable bonds is 1. The highest BCUT2D eigenvalue weighted by Gasteiger charge is 2.23. The zero-order valence-corrected chi connectivity index (χ0v) is 11.8. The summed E-state index contributed by atoms with van der Waals surface area (Å²) < 4.78 is 1.79. The van der Waals surface area contributed by atoms with E-state index in [1.54, 1.807) is 10.7 Å². The number of nitrogens with zero attached hydrogens (tertiary/aromatic N) is 5. The average molecular weight is 274 g/mol. The van der Waals surface area contributed by atoms with Crippen molar-refractivity contribution < 1.29 is 0 Å². The van der Waals surface area contributed by atoms with Gasteiger partial charge in [0.05, 0.1) is 11.9 Å². The molecule has 0 saturated carbocycles. The van der Waals surface area contributed by atoms with Crippen LogP contribution in [0, 0.1) is 0 Å².